The van der Waals surface area contributed by atoms with Gasteiger partial charge in [-0.3, -0.25) is 0 Å². The minimum Gasteiger partial charge on any atom is -0.496 e. The lowest BCUT2D eigenvalue weighted by Gasteiger charge is -2.04. The molecule has 0 amide bonds. The van der Waals surface area contributed by atoms with Gasteiger partial charge in [0.15, 0.2) is 0 Å². The molecule has 1 heterocycles. The molecule has 0 atom stereocenters. The summed E-state index contributed by atoms with van der Waals surface area (Å²) in [6.07, 6.45) is 1.07. The topological polar surface area (TPSA) is 48.7 Å². The van der Waals surface area contributed by atoms with Gasteiger partial charge in [0.25, 0.3) is 0 Å². The van der Waals surface area contributed by atoms with E-state index in [1.165, 1.54) is 0 Å². The van der Waals surface area contributed by atoms with Crippen molar-refractivity contribution in [2.75, 3.05) is 14.2 Å². The first-order valence-corrected chi connectivity index (χ1v) is 4.86. The number of carbonyl (C=O) groups is 1. The standard InChI is InChI=1S/C12H12O4/c1-14-9-6-11(15-2)10-5-8(3-4-13)16-12(10)7-9/h4-7H,3H2,1-2H3. The summed E-state index contributed by atoms with van der Waals surface area (Å²) in [6, 6.07) is 5.36. The van der Waals surface area contributed by atoms with E-state index in [1.54, 1.807) is 26.4 Å². The summed E-state index contributed by atoms with van der Waals surface area (Å²) in [5.74, 6) is 1.96. The number of rotatable bonds is 4. The molecule has 0 saturated heterocycles. The van der Waals surface area contributed by atoms with Crippen molar-refractivity contribution in [2.24, 2.45) is 0 Å². The first-order valence-electron chi connectivity index (χ1n) is 4.86. The highest BCUT2D eigenvalue weighted by atomic mass is 16.5. The molecule has 2 aromatic rings. The summed E-state index contributed by atoms with van der Waals surface area (Å²) in [4.78, 5) is 10.4. The van der Waals surface area contributed by atoms with Crippen LogP contribution in [-0.2, 0) is 11.2 Å². The van der Waals surface area contributed by atoms with Crippen LogP contribution in [0.15, 0.2) is 22.6 Å². The van der Waals surface area contributed by atoms with Gasteiger partial charge < -0.3 is 18.7 Å². The number of furan rings is 1. The number of hydrogen-bond acceptors (Lipinski definition) is 4. The van der Waals surface area contributed by atoms with E-state index in [-0.39, 0.29) is 6.42 Å². The molecule has 0 aliphatic rings. The monoisotopic (exact) mass is 220 g/mol. The second-order valence-corrected chi connectivity index (χ2v) is 3.32. The third-order valence-corrected chi connectivity index (χ3v) is 2.36. The van der Waals surface area contributed by atoms with Crippen molar-refractivity contribution in [3.05, 3.63) is 24.0 Å². The fourth-order valence-corrected chi connectivity index (χ4v) is 1.60. The molecule has 0 unspecified atom stereocenters. The van der Waals surface area contributed by atoms with E-state index in [1.807, 2.05) is 6.07 Å². The van der Waals surface area contributed by atoms with Gasteiger partial charge in [-0.25, -0.2) is 0 Å². The molecule has 1 aromatic heterocycles. The predicted molar refractivity (Wildman–Crippen MR) is 59.1 cm³/mol. The van der Waals surface area contributed by atoms with Crippen molar-refractivity contribution in [3.8, 4) is 11.5 Å². The van der Waals surface area contributed by atoms with Crippen molar-refractivity contribution in [1.82, 2.24) is 0 Å². The number of fused-ring (bicyclic) bond motifs is 1. The van der Waals surface area contributed by atoms with Gasteiger partial charge in [0, 0.05) is 12.1 Å². The Morgan fingerprint density at radius 1 is 1.25 bits per heavy atom. The molecule has 1 aromatic carbocycles. The fourth-order valence-electron chi connectivity index (χ4n) is 1.60. The van der Waals surface area contributed by atoms with Crippen molar-refractivity contribution in [3.63, 3.8) is 0 Å². The summed E-state index contributed by atoms with van der Waals surface area (Å²) < 4.78 is 15.9. The zero-order valence-electron chi connectivity index (χ0n) is 9.15. The van der Waals surface area contributed by atoms with Crippen LogP contribution in [0, 0.1) is 0 Å². The number of carbonyl (C=O) groups excluding carboxylic acids is 1. The third-order valence-electron chi connectivity index (χ3n) is 2.36. The SMILES string of the molecule is COc1cc(OC)c2cc(CC=O)oc2c1. The van der Waals surface area contributed by atoms with E-state index < -0.39 is 0 Å². The average Bonchev–Trinajstić information content (AvgIpc) is 2.70. The first kappa shape index (κ1) is 10.5. The molecule has 0 spiro atoms. The smallest absolute Gasteiger partial charge is 0.141 e. The van der Waals surface area contributed by atoms with Crippen LogP contribution in [0.2, 0.25) is 0 Å². The maximum Gasteiger partial charge on any atom is 0.141 e. The van der Waals surface area contributed by atoms with E-state index in [9.17, 15) is 4.79 Å². The number of aldehydes is 1. The maximum absolute atomic E-state index is 10.4. The molecule has 0 fully saturated rings. The van der Waals surface area contributed by atoms with Crippen molar-refractivity contribution in [2.45, 2.75) is 6.42 Å². The van der Waals surface area contributed by atoms with Crippen LogP contribution >= 0.6 is 0 Å². The largest absolute Gasteiger partial charge is 0.496 e. The van der Waals surface area contributed by atoms with Crippen LogP contribution < -0.4 is 9.47 Å². The molecule has 0 aliphatic heterocycles. The van der Waals surface area contributed by atoms with E-state index in [0.29, 0.717) is 22.8 Å². The Hall–Kier alpha value is -1.97. The van der Waals surface area contributed by atoms with Crippen molar-refractivity contribution in [1.29, 1.82) is 0 Å². The fraction of sp³-hybridized carbons (Fsp3) is 0.250. The van der Waals surface area contributed by atoms with E-state index in [0.717, 1.165) is 11.7 Å². The normalized spacial score (nSPS) is 10.4. The summed E-state index contributed by atoms with van der Waals surface area (Å²) in [6.45, 7) is 0. The van der Waals surface area contributed by atoms with Crippen molar-refractivity contribution < 1.29 is 18.7 Å². The van der Waals surface area contributed by atoms with Crippen LogP contribution in [0.25, 0.3) is 11.0 Å². The van der Waals surface area contributed by atoms with Gasteiger partial charge in [0.05, 0.1) is 26.0 Å². The molecule has 0 bridgehead atoms. The van der Waals surface area contributed by atoms with Gasteiger partial charge in [-0.2, -0.15) is 0 Å². The zero-order valence-corrected chi connectivity index (χ0v) is 9.15. The van der Waals surface area contributed by atoms with Crippen LogP contribution in [0.1, 0.15) is 5.76 Å². The van der Waals surface area contributed by atoms with E-state index >= 15 is 0 Å². The predicted octanol–water partition coefficient (Wildman–Crippen LogP) is 2.19. The van der Waals surface area contributed by atoms with E-state index in [2.05, 4.69) is 0 Å². The third kappa shape index (κ3) is 1.74. The lowest BCUT2D eigenvalue weighted by atomic mass is 10.2. The minimum atomic E-state index is 0.264. The Bertz CT molecular complexity index is 513. The Kier molecular flexibility index (Phi) is 2.81. The minimum absolute atomic E-state index is 0.264. The van der Waals surface area contributed by atoms with Crippen molar-refractivity contribution >= 4 is 17.3 Å². The molecule has 16 heavy (non-hydrogen) atoms. The highest BCUT2D eigenvalue weighted by Gasteiger charge is 2.10. The number of methoxy groups -OCH3 is 2. The van der Waals surface area contributed by atoms with Crippen LogP contribution in [-0.4, -0.2) is 20.5 Å². The summed E-state index contributed by atoms with van der Waals surface area (Å²) in [5.41, 5.74) is 0.660. The van der Waals surface area contributed by atoms with Crippen LogP contribution in [0.5, 0.6) is 11.5 Å². The molecule has 0 aliphatic carbocycles. The van der Waals surface area contributed by atoms with E-state index in [4.69, 9.17) is 13.9 Å². The molecule has 4 nitrogen and oxygen atoms in total. The average molecular weight is 220 g/mol. The van der Waals surface area contributed by atoms with Gasteiger partial charge in [0.1, 0.15) is 29.1 Å². The second-order valence-electron chi connectivity index (χ2n) is 3.32. The number of ether oxygens (including phenoxy) is 2. The molecule has 84 valence electrons. The molecular formula is C12H12O4. The van der Waals surface area contributed by atoms with Gasteiger partial charge in [0.2, 0.25) is 0 Å². The Morgan fingerprint density at radius 3 is 2.69 bits per heavy atom. The first-order chi connectivity index (χ1) is 7.78. The quantitative estimate of drug-likeness (QED) is 0.741. The molecule has 0 saturated carbocycles. The number of benzene rings is 1. The van der Waals surface area contributed by atoms with Gasteiger partial charge in [-0.05, 0) is 6.07 Å². The molecule has 2 rings (SSSR count). The molecule has 0 radical (unpaired) electrons. The maximum atomic E-state index is 10.4. The summed E-state index contributed by atoms with van der Waals surface area (Å²) in [5, 5.41) is 0.847. The summed E-state index contributed by atoms with van der Waals surface area (Å²) in [7, 11) is 3.16. The zero-order chi connectivity index (χ0) is 11.5. The Labute approximate surface area is 92.8 Å². The Balaban J connectivity index is 2.60. The Morgan fingerprint density at radius 2 is 2.06 bits per heavy atom. The molecule has 4 heteroatoms. The highest BCUT2D eigenvalue weighted by Crippen LogP contribution is 2.33. The van der Waals surface area contributed by atoms with Crippen LogP contribution in [0.3, 0.4) is 0 Å². The number of hydrogen-bond donors (Lipinski definition) is 0. The summed E-state index contributed by atoms with van der Waals surface area (Å²) >= 11 is 0. The van der Waals surface area contributed by atoms with Gasteiger partial charge in [-0.1, -0.05) is 0 Å². The molecule has 0 N–H and O–H groups in total. The molecular weight excluding hydrogens is 208 g/mol. The van der Waals surface area contributed by atoms with Gasteiger partial charge in [-0.15, -0.1) is 0 Å². The highest BCUT2D eigenvalue weighted by molar-refractivity contribution is 5.86. The van der Waals surface area contributed by atoms with Gasteiger partial charge >= 0.3 is 0 Å². The second kappa shape index (κ2) is 4.26. The lowest BCUT2D eigenvalue weighted by Crippen LogP contribution is -1.86. The lowest BCUT2D eigenvalue weighted by molar-refractivity contribution is -0.107. The van der Waals surface area contributed by atoms with Crippen LogP contribution in [0.4, 0.5) is 0 Å².